The van der Waals surface area contributed by atoms with E-state index in [1.54, 1.807) is 11.3 Å². The van der Waals surface area contributed by atoms with Crippen LogP contribution in [-0.2, 0) is 17.6 Å². The summed E-state index contributed by atoms with van der Waals surface area (Å²) in [7, 11) is 0. The molecule has 0 bridgehead atoms. The highest BCUT2D eigenvalue weighted by molar-refractivity contribution is 7.14. The minimum absolute atomic E-state index is 0.00926. The van der Waals surface area contributed by atoms with Crippen LogP contribution in [0.15, 0.2) is 6.07 Å². The molecule has 1 aromatic heterocycles. The number of rotatable bonds is 6. The number of amides is 1. The molecule has 4 nitrogen and oxygen atoms in total. The molecule has 0 saturated carbocycles. The van der Waals surface area contributed by atoms with Crippen LogP contribution in [0.5, 0.6) is 0 Å². The zero-order valence-corrected chi connectivity index (χ0v) is 12.6. The van der Waals surface area contributed by atoms with Gasteiger partial charge in [0.2, 0.25) is 0 Å². The number of aryl methyl sites for hydroxylation is 2. The fourth-order valence-electron chi connectivity index (χ4n) is 2.64. The Morgan fingerprint density at radius 1 is 1.40 bits per heavy atom. The van der Waals surface area contributed by atoms with E-state index >= 15 is 0 Å². The summed E-state index contributed by atoms with van der Waals surface area (Å²) in [6.07, 6.45) is 6.08. The van der Waals surface area contributed by atoms with E-state index in [-0.39, 0.29) is 18.4 Å². The molecule has 1 atom stereocenters. The van der Waals surface area contributed by atoms with Gasteiger partial charge in [0.25, 0.3) is 5.91 Å². The molecule has 5 heteroatoms. The summed E-state index contributed by atoms with van der Waals surface area (Å²) >= 11 is 1.56. The van der Waals surface area contributed by atoms with Crippen LogP contribution >= 0.6 is 11.3 Å². The van der Waals surface area contributed by atoms with Crippen molar-refractivity contribution in [2.75, 3.05) is 0 Å². The van der Waals surface area contributed by atoms with E-state index in [1.165, 1.54) is 23.3 Å². The highest BCUT2D eigenvalue weighted by Gasteiger charge is 2.20. The van der Waals surface area contributed by atoms with Gasteiger partial charge in [0, 0.05) is 10.9 Å². The quantitative estimate of drug-likeness (QED) is 0.848. The molecule has 1 heterocycles. The van der Waals surface area contributed by atoms with Gasteiger partial charge in [-0.3, -0.25) is 9.59 Å². The SMILES string of the molecule is CCCC(CC(=O)O)NC(=O)c1cc2c(s1)CCCC2. The summed E-state index contributed by atoms with van der Waals surface area (Å²) in [5.41, 5.74) is 1.30. The first kappa shape index (κ1) is 15.0. The third kappa shape index (κ3) is 3.82. The largest absolute Gasteiger partial charge is 0.481 e. The van der Waals surface area contributed by atoms with Gasteiger partial charge in [0.05, 0.1) is 11.3 Å². The Bertz CT molecular complexity index is 472. The first-order chi connectivity index (χ1) is 9.60. The second kappa shape index (κ2) is 6.88. The van der Waals surface area contributed by atoms with Crippen LogP contribution in [0.3, 0.4) is 0 Å². The van der Waals surface area contributed by atoms with E-state index in [9.17, 15) is 9.59 Å². The lowest BCUT2D eigenvalue weighted by Crippen LogP contribution is -2.36. The van der Waals surface area contributed by atoms with Crippen LogP contribution in [0.4, 0.5) is 0 Å². The molecule has 20 heavy (non-hydrogen) atoms. The first-order valence-corrected chi connectivity index (χ1v) is 8.06. The van der Waals surface area contributed by atoms with E-state index in [0.29, 0.717) is 6.42 Å². The summed E-state index contributed by atoms with van der Waals surface area (Å²) in [5.74, 6) is -0.988. The van der Waals surface area contributed by atoms with Gasteiger partial charge in [-0.05, 0) is 43.7 Å². The van der Waals surface area contributed by atoms with E-state index in [0.717, 1.165) is 24.1 Å². The Hall–Kier alpha value is -1.36. The molecule has 1 unspecified atom stereocenters. The van der Waals surface area contributed by atoms with Gasteiger partial charge >= 0.3 is 5.97 Å². The van der Waals surface area contributed by atoms with Crippen molar-refractivity contribution in [3.05, 3.63) is 21.4 Å². The average Bonchev–Trinajstić information content (AvgIpc) is 2.82. The van der Waals surface area contributed by atoms with Crippen LogP contribution in [0.2, 0.25) is 0 Å². The molecule has 1 amide bonds. The third-order valence-electron chi connectivity index (χ3n) is 3.61. The third-order valence-corrected chi connectivity index (χ3v) is 4.85. The van der Waals surface area contributed by atoms with Gasteiger partial charge in [-0.2, -0.15) is 0 Å². The molecule has 0 radical (unpaired) electrons. The lowest BCUT2D eigenvalue weighted by atomic mass is 9.99. The predicted octanol–water partition coefficient (Wildman–Crippen LogP) is 3.00. The van der Waals surface area contributed by atoms with Crippen molar-refractivity contribution in [2.45, 2.75) is 57.9 Å². The predicted molar refractivity (Wildman–Crippen MR) is 79.4 cm³/mol. The van der Waals surface area contributed by atoms with Crippen LogP contribution in [0.25, 0.3) is 0 Å². The number of aliphatic carboxylic acids is 1. The van der Waals surface area contributed by atoms with Crippen molar-refractivity contribution in [1.82, 2.24) is 5.32 Å². The van der Waals surface area contributed by atoms with Gasteiger partial charge < -0.3 is 10.4 Å². The fraction of sp³-hybridized carbons (Fsp3) is 0.600. The van der Waals surface area contributed by atoms with Crippen molar-refractivity contribution in [2.24, 2.45) is 0 Å². The Kier molecular flexibility index (Phi) is 5.17. The standard InChI is InChI=1S/C15H21NO3S/c1-2-5-11(9-14(17)18)16-15(19)13-8-10-6-3-4-7-12(10)20-13/h8,11H,2-7,9H2,1H3,(H,16,19)(H,17,18). The highest BCUT2D eigenvalue weighted by atomic mass is 32.1. The van der Waals surface area contributed by atoms with E-state index in [2.05, 4.69) is 5.32 Å². The van der Waals surface area contributed by atoms with Gasteiger partial charge in [-0.25, -0.2) is 0 Å². The zero-order valence-electron chi connectivity index (χ0n) is 11.8. The first-order valence-electron chi connectivity index (χ1n) is 7.24. The smallest absolute Gasteiger partial charge is 0.305 e. The normalized spacial score (nSPS) is 15.4. The van der Waals surface area contributed by atoms with Crippen LogP contribution in [-0.4, -0.2) is 23.0 Å². The number of thiophene rings is 1. The van der Waals surface area contributed by atoms with Crippen molar-refractivity contribution >= 4 is 23.2 Å². The number of hydrogen-bond acceptors (Lipinski definition) is 3. The maximum absolute atomic E-state index is 12.2. The average molecular weight is 295 g/mol. The Labute approximate surface area is 123 Å². The van der Waals surface area contributed by atoms with Crippen LogP contribution in [0, 0.1) is 0 Å². The highest BCUT2D eigenvalue weighted by Crippen LogP contribution is 2.29. The molecule has 0 spiro atoms. The lowest BCUT2D eigenvalue weighted by molar-refractivity contribution is -0.137. The number of carboxylic acid groups (broad SMARTS) is 1. The molecule has 1 aliphatic carbocycles. The molecule has 2 N–H and O–H groups in total. The number of nitrogens with one attached hydrogen (secondary N) is 1. The summed E-state index contributed by atoms with van der Waals surface area (Å²) in [4.78, 5) is 25.1. The van der Waals surface area contributed by atoms with Crippen molar-refractivity contribution in [1.29, 1.82) is 0 Å². The fourth-order valence-corrected chi connectivity index (χ4v) is 3.80. The summed E-state index contributed by atoms with van der Waals surface area (Å²) in [5, 5.41) is 11.7. The van der Waals surface area contributed by atoms with E-state index in [4.69, 9.17) is 5.11 Å². The molecule has 1 aromatic rings. The summed E-state index contributed by atoms with van der Waals surface area (Å²) in [6, 6.07) is 1.71. The summed E-state index contributed by atoms with van der Waals surface area (Å²) < 4.78 is 0. The minimum Gasteiger partial charge on any atom is -0.481 e. The van der Waals surface area contributed by atoms with E-state index < -0.39 is 5.97 Å². The molecule has 1 aliphatic rings. The minimum atomic E-state index is -0.866. The molecule has 0 saturated heterocycles. The number of hydrogen-bond donors (Lipinski definition) is 2. The van der Waals surface area contributed by atoms with E-state index in [1.807, 2.05) is 13.0 Å². The molecular weight excluding hydrogens is 274 g/mol. The Morgan fingerprint density at radius 2 is 2.15 bits per heavy atom. The van der Waals surface area contributed by atoms with Crippen molar-refractivity contribution in [3.63, 3.8) is 0 Å². The van der Waals surface area contributed by atoms with Gasteiger partial charge in [-0.15, -0.1) is 11.3 Å². The number of carboxylic acids is 1. The van der Waals surface area contributed by atoms with Crippen LogP contribution in [0.1, 0.15) is 59.1 Å². The maximum atomic E-state index is 12.2. The lowest BCUT2D eigenvalue weighted by Gasteiger charge is -2.15. The monoisotopic (exact) mass is 295 g/mol. The number of carbonyl (C=O) groups is 2. The van der Waals surface area contributed by atoms with Crippen molar-refractivity contribution in [3.8, 4) is 0 Å². The molecule has 0 aliphatic heterocycles. The molecule has 110 valence electrons. The van der Waals surface area contributed by atoms with Crippen molar-refractivity contribution < 1.29 is 14.7 Å². The second-order valence-corrected chi connectivity index (χ2v) is 6.46. The Balaban J connectivity index is 2.02. The molecule has 0 fully saturated rings. The number of fused-ring (bicyclic) bond motifs is 1. The maximum Gasteiger partial charge on any atom is 0.305 e. The molecule has 0 aromatic carbocycles. The Morgan fingerprint density at radius 3 is 2.80 bits per heavy atom. The molecule has 2 rings (SSSR count). The zero-order chi connectivity index (χ0) is 14.5. The van der Waals surface area contributed by atoms with Gasteiger partial charge in [0.1, 0.15) is 0 Å². The summed E-state index contributed by atoms with van der Waals surface area (Å²) in [6.45, 7) is 1.99. The van der Waals surface area contributed by atoms with Crippen LogP contribution < -0.4 is 5.32 Å². The van der Waals surface area contributed by atoms with Gasteiger partial charge in [-0.1, -0.05) is 13.3 Å². The topological polar surface area (TPSA) is 66.4 Å². The molecular formula is C15H21NO3S. The number of carbonyl (C=O) groups excluding carboxylic acids is 1. The second-order valence-electron chi connectivity index (χ2n) is 5.32. The van der Waals surface area contributed by atoms with Gasteiger partial charge in [0.15, 0.2) is 0 Å².